The van der Waals surface area contributed by atoms with Crippen LogP contribution in [0.25, 0.3) is 39.9 Å². The minimum absolute atomic E-state index is 0.778. The SMILES string of the molecule is CCCn1c2cc(-c3ccc(C=O)s3)sc2c2sc(-c3ccc(OC)s3)cc21. The lowest BCUT2D eigenvalue weighted by Gasteiger charge is -2.02. The largest absolute Gasteiger partial charge is 0.487 e. The van der Waals surface area contributed by atoms with Crippen LogP contribution in [0.5, 0.6) is 5.06 Å². The Morgan fingerprint density at radius 3 is 2.07 bits per heavy atom. The van der Waals surface area contributed by atoms with Gasteiger partial charge < -0.3 is 9.30 Å². The first-order chi connectivity index (χ1) is 13.7. The molecule has 0 N–H and O–H groups in total. The maximum Gasteiger partial charge on any atom is 0.173 e. The molecule has 7 heteroatoms. The van der Waals surface area contributed by atoms with Gasteiger partial charge in [-0.2, -0.15) is 0 Å². The maximum absolute atomic E-state index is 11.1. The van der Waals surface area contributed by atoms with Crippen molar-refractivity contribution in [3.8, 4) is 24.6 Å². The van der Waals surface area contributed by atoms with Crippen molar-refractivity contribution in [1.82, 2.24) is 4.57 Å². The summed E-state index contributed by atoms with van der Waals surface area (Å²) in [7, 11) is 1.72. The molecule has 28 heavy (non-hydrogen) atoms. The molecule has 5 aromatic rings. The van der Waals surface area contributed by atoms with Gasteiger partial charge in [-0.1, -0.05) is 18.3 Å². The van der Waals surface area contributed by atoms with Crippen molar-refractivity contribution in [3.05, 3.63) is 41.3 Å². The predicted molar refractivity (Wildman–Crippen MR) is 124 cm³/mol. The highest BCUT2D eigenvalue weighted by molar-refractivity contribution is 7.32. The van der Waals surface area contributed by atoms with Crippen molar-refractivity contribution < 1.29 is 9.53 Å². The van der Waals surface area contributed by atoms with E-state index >= 15 is 0 Å². The molecule has 142 valence electrons. The van der Waals surface area contributed by atoms with E-state index in [0.29, 0.717) is 0 Å². The molecule has 0 saturated heterocycles. The number of hydrogen-bond acceptors (Lipinski definition) is 6. The van der Waals surface area contributed by atoms with Gasteiger partial charge in [0.05, 0.1) is 32.4 Å². The summed E-state index contributed by atoms with van der Waals surface area (Å²) in [5, 5.41) is 0.941. The van der Waals surface area contributed by atoms with Gasteiger partial charge in [0, 0.05) is 26.1 Å². The van der Waals surface area contributed by atoms with Gasteiger partial charge in [0.25, 0.3) is 0 Å². The van der Waals surface area contributed by atoms with Crippen LogP contribution in [0.1, 0.15) is 23.0 Å². The predicted octanol–water partition coefficient (Wildman–Crippen LogP) is 7.61. The number of hydrogen-bond donors (Lipinski definition) is 0. The van der Waals surface area contributed by atoms with E-state index in [2.05, 4.69) is 35.8 Å². The Balaban J connectivity index is 1.68. The molecule has 0 atom stereocenters. The number of carbonyl (C=O) groups excluding carboxylic acids is 1. The minimum atomic E-state index is 0.778. The molecule has 0 aromatic carbocycles. The van der Waals surface area contributed by atoms with Gasteiger partial charge >= 0.3 is 0 Å². The van der Waals surface area contributed by atoms with E-state index < -0.39 is 0 Å². The second-order valence-corrected chi connectivity index (χ2v) is 10.7. The third-order valence-electron chi connectivity index (χ3n) is 4.67. The van der Waals surface area contributed by atoms with Crippen molar-refractivity contribution >= 4 is 72.1 Å². The number of rotatable bonds is 6. The monoisotopic (exact) mass is 443 g/mol. The van der Waals surface area contributed by atoms with Crippen LogP contribution >= 0.6 is 45.3 Å². The number of nitrogens with zero attached hydrogens (tertiary/aromatic N) is 1. The summed E-state index contributed by atoms with van der Waals surface area (Å²) in [6.07, 6.45) is 2.02. The van der Waals surface area contributed by atoms with Crippen LogP contribution in [-0.4, -0.2) is 18.0 Å². The molecule has 0 saturated carbocycles. The zero-order valence-electron chi connectivity index (χ0n) is 15.4. The molecule has 0 amide bonds. The van der Waals surface area contributed by atoms with Crippen LogP contribution in [0.3, 0.4) is 0 Å². The van der Waals surface area contributed by atoms with Crippen LogP contribution in [0.15, 0.2) is 36.4 Å². The molecule has 3 nitrogen and oxygen atoms in total. The van der Waals surface area contributed by atoms with E-state index in [-0.39, 0.29) is 0 Å². The fourth-order valence-electron chi connectivity index (χ4n) is 3.44. The van der Waals surface area contributed by atoms with Crippen molar-refractivity contribution in [2.45, 2.75) is 19.9 Å². The molecule has 0 aliphatic heterocycles. The maximum atomic E-state index is 11.1. The second-order valence-electron chi connectivity index (χ2n) is 6.44. The Labute approximate surface area is 178 Å². The number of ether oxygens (including phenoxy) is 1. The molecule has 5 aromatic heterocycles. The molecule has 5 rings (SSSR count). The molecule has 0 fully saturated rings. The number of aryl methyl sites for hydroxylation is 1. The molecule has 5 heterocycles. The fraction of sp³-hybridized carbons (Fsp3) is 0.190. The Kier molecular flexibility index (Phi) is 4.63. The number of fused-ring (bicyclic) bond motifs is 3. The van der Waals surface area contributed by atoms with Crippen LogP contribution < -0.4 is 4.74 Å². The van der Waals surface area contributed by atoms with Crippen LogP contribution in [0.2, 0.25) is 0 Å². The van der Waals surface area contributed by atoms with Crippen LogP contribution in [0.4, 0.5) is 0 Å². The quantitative estimate of drug-likeness (QED) is 0.253. The summed E-state index contributed by atoms with van der Waals surface area (Å²) in [5.74, 6) is 0. The van der Waals surface area contributed by atoms with Crippen LogP contribution in [-0.2, 0) is 6.54 Å². The van der Waals surface area contributed by atoms with Gasteiger partial charge in [-0.15, -0.1) is 34.0 Å². The number of aromatic nitrogens is 1. The fourth-order valence-corrected chi connectivity index (χ4v) is 7.71. The van der Waals surface area contributed by atoms with Gasteiger partial charge in [-0.25, -0.2) is 0 Å². The third kappa shape index (κ3) is 2.85. The lowest BCUT2D eigenvalue weighted by Crippen LogP contribution is -1.94. The Bertz CT molecular complexity index is 1300. The zero-order chi connectivity index (χ0) is 19.3. The van der Waals surface area contributed by atoms with E-state index in [1.807, 2.05) is 34.8 Å². The van der Waals surface area contributed by atoms with E-state index in [0.717, 1.165) is 29.2 Å². The standard InChI is InChI=1S/C21H17NO2S4/c1-3-8-22-13-9-17(15-5-4-12(11-23)25-15)27-20(13)21-14(22)10-18(28-21)16-6-7-19(24-2)26-16/h4-7,9-11H,3,8H2,1-2H3. The molecule has 0 aliphatic rings. The van der Waals surface area contributed by atoms with Crippen molar-refractivity contribution in [2.24, 2.45) is 0 Å². The van der Waals surface area contributed by atoms with Gasteiger partial charge in [0.2, 0.25) is 0 Å². The van der Waals surface area contributed by atoms with Crippen molar-refractivity contribution in [2.75, 3.05) is 7.11 Å². The number of aldehydes is 1. The average molecular weight is 444 g/mol. The number of thiophene rings is 4. The molecular weight excluding hydrogens is 427 g/mol. The lowest BCUT2D eigenvalue weighted by atomic mass is 10.3. The highest BCUT2D eigenvalue weighted by Gasteiger charge is 2.19. The first-order valence-corrected chi connectivity index (χ1v) is 12.2. The summed E-state index contributed by atoms with van der Waals surface area (Å²) >= 11 is 6.94. The van der Waals surface area contributed by atoms with Gasteiger partial charge in [0.1, 0.15) is 0 Å². The summed E-state index contributed by atoms with van der Waals surface area (Å²) < 4.78 is 10.5. The molecular formula is C21H17NO2S4. The van der Waals surface area contributed by atoms with E-state index in [1.54, 1.807) is 29.8 Å². The second kappa shape index (κ2) is 7.15. The topological polar surface area (TPSA) is 31.2 Å². The molecule has 0 aliphatic carbocycles. The first kappa shape index (κ1) is 18.1. The molecule has 0 bridgehead atoms. The minimum Gasteiger partial charge on any atom is -0.487 e. The third-order valence-corrected chi connectivity index (χ3v) is 9.53. The van der Waals surface area contributed by atoms with Crippen LogP contribution in [0, 0.1) is 0 Å². The van der Waals surface area contributed by atoms with E-state index in [1.165, 1.54) is 39.9 Å². The number of methoxy groups -OCH3 is 1. The van der Waals surface area contributed by atoms with Crippen molar-refractivity contribution in [1.29, 1.82) is 0 Å². The lowest BCUT2D eigenvalue weighted by molar-refractivity contribution is 0.112. The average Bonchev–Trinajstić information content (AvgIpc) is 3.49. The Morgan fingerprint density at radius 2 is 1.54 bits per heavy atom. The smallest absolute Gasteiger partial charge is 0.173 e. The van der Waals surface area contributed by atoms with Gasteiger partial charge in [-0.3, -0.25) is 4.79 Å². The normalized spacial score (nSPS) is 11.6. The summed E-state index contributed by atoms with van der Waals surface area (Å²) in [6, 6.07) is 12.7. The molecule has 0 radical (unpaired) electrons. The first-order valence-electron chi connectivity index (χ1n) is 8.97. The summed E-state index contributed by atoms with van der Waals surface area (Å²) in [6.45, 7) is 3.22. The Morgan fingerprint density at radius 1 is 0.893 bits per heavy atom. The van der Waals surface area contributed by atoms with Crippen molar-refractivity contribution in [3.63, 3.8) is 0 Å². The number of carbonyl (C=O) groups is 1. The zero-order valence-corrected chi connectivity index (χ0v) is 18.6. The van der Waals surface area contributed by atoms with E-state index in [9.17, 15) is 4.79 Å². The summed E-state index contributed by atoms with van der Waals surface area (Å²) in [4.78, 5) is 16.8. The Hall–Kier alpha value is -1.93. The van der Waals surface area contributed by atoms with Gasteiger partial charge in [0.15, 0.2) is 11.3 Å². The highest BCUT2D eigenvalue weighted by Crippen LogP contribution is 2.47. The highest BCUT2D eigenvalue weighted by atomic mass is 32.1. The summed E-state index contributed by atoms with van der Waals surface area (Å²) in [5.41, 5.74) is 2.63. The molecule has 0 spiro atoms. The van der Waals surface area contributed by atoms with Gasteiger partial charge in [-0.05, 0) is 42.8 Å². The van der Waals surface area contributed by atoms with E-state index in [4.69, 9.17) is 4.74 Å². The molecule has 0 unspecified atom stereocenters.